The van der Waals surface area contributed by atoms with Crippen molar-refractivity contribution in [3.05, 3.63) is 29.8 Å². The second kappa shape index (κ2) is 6.66. The van der Waals surface area contributed by atoms with Gasteiger partial charge in [0, 0.05) is 13.1 Å². The van der Waals surface area contributed by atoms with E-state index >= 15 is 0 Å². The summed E-state index contributed by atoms with van der Waals surface area (Å²) >= 11 is 0. The van der Waals surface area contributed by atoms with Gasteiger partial charge in [-0.1, -0.05) is 24.3 Å². The summed E-state index contributed by atoms with van der Waals surface area (Å²) in [6.45, 7) is 13.7. The Morgan fingerprint density at radius 1 is 1.09 bits per heavy atom. The number of hydrogen-bond donors (Lipinski definition) is 0. The van der Waals surface area contributed by atoms with Crippen LogP contribution in [0.15, 0.2) is 24.3 Å². The zero-order chi connectivity index (χ0) is 17.3. The van der Waals surface area contributed by atoms with E-state index in [1.54, 1.807) is 0 Å². The van der Waals surface area contributed by atoms with Gasteiger partial charge in [0.1, 0.15) is 0 Å². The van der Waals surface area contributed by atoms with Gasteiger partial charge in [0.25, 0.3) is 0 Å². The fraction of sp³-hybridized carbons (Fsp3) is 0.611. The third-order valence-electron chi connectivity index (χ3n) is 4.95. The summed E-state index contributed by atoms with van der Waals surface area (Å²) in [6, 6.07) is 7.96. The summed E-state index contributed by atoms with van der Waals surface area (Å²) in [4.78, 5) is 14.1. The highest BCUT2D eigenvalue weighted by Gasteiger charge is 2.51. The van der Waals surface area contributed by atoms with E-state index in [4.69, 9.17) is 9.31 Å². The first-order valence-corrected chi connectivity index (χ1v) is 8.42. The highest BCUT2D eigenvalue weighted by atomic mass is 16.7. The lowest BCUT2D eigenvalue weighted by Crippen LogP contribution is -2.41. The van der Waals surface area contributed by atoms with Gasteiger partial charge in [-0.15, -0.1) is 0 Å². The molecule has 2 rings (SSSR count). The first-order chi connectivity index (χ1) is 10.7. The number of hydrogen-bond acceptors (Lipinski definition) is 3. The third kappa shape index (κ3) is 3.78. The van der Waals surface area contributed by atoms with E-state index in [9.17, 15) is 4.79 Å². The van der Waals surface area contributed by atoms with E-state index < -0.39 is 0 Å². The van der Waals surface area contributed by atoms with E-state index in [-0.39, 0.29) is 24.2 Å². The molecular formula is C18H28BNO3. The predicted molar refractivity (Wildman–Crippen MR) is 93.8 cm³/mol. The van der Waals surface area contributed by atoms with Crippen LogP contribution in [0.1, 0.15) is 47.1 Å². The maximum absolute atomic E-state index is 12.3. The monoisotopic (exact) mass is 317 g/mol. The Bertz CT molecular complexity index is 551. The molecule has 0 aromatic heterocycles. The Balaban J connectivity index is 2.14. The van der Waals surface area contributed by atoms with E-state index in [1.807, 2.05) is 70.7 Å². The van der Waals surface area contributed by atoms with E-state index in [0.29, 0.717) is 6.42 Å². The molecule has 0 spiro atoms. The molecule has 0 unspecified atom stereocenters. The lowest BCUT2D eigenvalue weighted by Gasteiger charge is -2.32. The highest BCUT2D eigenvalue weighted by Crippen LogP contribution is 2.36. The van der Waals surface area contributed by atoms with Crippen molar-refractivity contribution in [1.29, 1.82) is 0 Å². The summed E-state index contributed by atoms with van der Waals surface area (Å²) in [5, 5.41) is 0. The molecule has 1 aromatic carbocycles. The van der Waals surface area contributed by atoms with Crippen molar-refractivity contribution < 1.29 is 14.1 Å². The second-order valence-electron chi connectivity index (χ2n) is 7.08. The van der Waals surface area contributed by atoms with Crippen molar-refractivity contribution in [3.8, 4) is 0 Å². The Labute approximate surface area is 140 Å². The van der Waals surface area contributed by atoms with Crippen molar-refractivity contribution >= 4 is 18.5 Å². The normalized spacial score (nSPS) is 19.0. The molecule has 0 saturated carbocycles. The Morgan fingerprint density at radius 2 is 1.65 bits per heavy atom. The van der Waals surface area contributed by atoms with E-state index in [0.717, 1.165) is 24.1 Å². The van der Waals surface area contributed by atoms with Crippen molar-refractivity contribution in [2.45, 2.75) is 59.2 Å². The largest absolute Gasteiger partial charge is 0.494 e. The number of carbonyl (C=O) groups is 1. The van der Waals surface area contributed by atoms with Gasteiger partial charge in [-0.3, -0.25) is 4.79 Å². The maximum atomic E-state index is 12.3. The zero-order valence-corrected chi connectivity index (χ0v) is 15.2. The maximum Gasteiger partial charge on any atom is 0.494 e. The summed E-state index contributed by atoms with van der Waals surface area (Å²) in [5.74, 6) is 0.154. The van der Waals surface area contributed by atoms with E-state index in [1.165, 1.54) is 0 Å². The van der Waals surface area contributed by atoms with Crippen LogP contribution in [0.2, 0.25) is 0 Å². The van der Waals surface area contributed by atoms with Gasteiger partial charge < -0.3 is 14.2 Å². The van der Waals surface area contributed by atoms with Gasteiger partial charge in [-0.2, -0.15) is 0 Å². The molecule has 0 atom stereocenters. The Kier molecular flexibility index (Phi) is 5.22. The lowest BCUT2D eigenvalue weighted by molar-refractivity contribution is -0.130. The molecule has 0 N–H and O–H groups in total. The van der Waals surface area contributed by atoms with Crippen LogP contribution in [-0.4, -0.2) is 42.2 Å². The molecule has 1 fully saturated rings. The fourth-order valence-electron chi connectivity index (χ4n) is 2.69. The topological polar surface area (TPSA) is 38.8 Å². The van der Waals surface area contributed by atoms with Crippen molar-refractivity contribution in [3.63, 3.8) is 0 Å². The Hall–Kier alpha value is -1.33. The number of nitrogens with zero attached hydrogens (tertiary/aromatic N) is 1. The standard InChI is InChI=1S/C18H28BNO3/c1-7-20(8-2)16(21)13-14-10-9-11-15(12-14)19-22-17(3,4)18(5,6)23-19/h9-12H,7-8,13H2,1-6H3. The molecule has 1 amide bonds. The zero-order valence-electron chi connectivity index (χ0n) is 15.2. The molecule has 0 aliphatic carbocycles. The molecule has 1 aliphatic heterocycles. The van der Waals surface area contributed by atoms with Crippen LogP contribution in [0.4, 0.5) is 0 Å². The van der Waals surface area contributed by atoms with Crippen LogP contribution < -0.4 is 5.46 Å². The molecule has 126 valence electrons. The fourth-order valence-corrected chi connectivity index (χ4v) is 2.69. The summed E-state index contributed by atoms with van der Waals surface area (Å²) in [6.07, 6.45) is 0.412. The average molecular weight is 317 g/mol. The minimum absolute atomic E-state index is 0.154. The highest BCUT2D eigenvalue weighted by molar-refractivity contribution is 6.62. The number of amides is 1. The number of carbonyl (C=O) groups excluding carboxylic acids is 1. The summed E-state index contributed by atoms with van der Waals surface area (Å²) in [5.41, 5.74) is 1.25. The average Bonchev–Trinajstić information content (AvgIpc) is 2.69. The van der Waals surface area contributed by atoms with Crippen LogP contribution in [0, 0.1) is 0 Å². The molecule has 0 radical (unpaired) electrons. The van der Waals surface area contributed by atoms with Crippen LogP contribution in [0.5, 0.6) is 0 Å². The van der Waals surface area contributed by atoms with Gasteiger partial charge in [0.2, 0.25) is 5.91 Å². The molecule has 1 aromatic rings. The first-order valence-electron chi connectivity index (χ1n) is 8.42. The molecule has 1 aliphatic rings. The first kappa shape index (κ1) is 18.0. The van der Waals surface area contributed by atoms with Crippen molar-refractivity contribution in [1.82, 2.24) is 4.90 Å². The third-order valence-corrected chi connectivity index (χ3v) is 4.95. The van der Waals surface area contributed by atoms with Gasteiger partial charge in [-0.25, -0.2) is 0 Å². The summed E-state index contributed by atoms with van der Waals surface area (Å²) in [7, 11) is -0.386. The molecular weight excluding hydrogens is 289 g/mol. The van der Waals surface area contributed by atoms with E-state index in [2.05, 4.69) is 0 Å². The minimum atomic E-state index is -0.386. The van der Waals surface area contributed by atoms with Crippen LogP contribution in [-0.2, 0) is 20.5 Å². The number of rotatable bonds is 5. The minimum Gasteiger partial charge on any atom is -0.399 e. The number of likely N-dealkylation sites (N-methyl/N-ethyl adjacent to an activating group) is 1. The SMILES string of the molecule is CCN(CC)C(=O)Cc1cccc(B2OC(C)(C)C(C)(C)O2)c1. The van der Waals surface area contributed by atoms with Crippen molar-refractivity contribution in [2.24, 2.45) is 0 Å². The van der Waals surface area contributed by atoms with Crippen LogP contribution >= 0.6 is 0 Å². The molecule has 1 heterocycles. The van der Waals surface area contributed by atoms with Gasteiger partial charge in [-0.05, 0) is 52.6 Å². The summed E-state index contributed by atoms with van der Waals surface area (Å²) < 4.78 is 12.2. The van der Waals surface area contributed by atoms with Gasteiger partial charge >= 0.3 is 7.12 Å². The van der Waals surface area contributed by atoms with Gasteiger partial charge in [0.15, 0.2) is 0 Å². The molecule has 0 bridgehead atoms. The predicted octanol–water partition coefficient (Wildman–Crippen LogP) is 2.40. The quantitative estimate of drug-likeness (QED) is 0.783. The van der Waals surface area contributed by atoms with Crippen LogP contribution in [0.3, 0.4) is 0 Å². The number of benzene rings is 1. The smallest absolute Gasteiger partial charge is 0.399 e. The Morgan fingerprint density at radius 3 is 2.17 bits per heavy atom. The molecule has 5 heteroatoms. The molecule has 23 heavy (non-hydrogen) atoms. The second-order valence-corrected chi connectivity index (χ2v) is 7.08. The molecule has 4 nitrogen and oxygen atoms in total. The van der Waals surface area contributed by atoms with Crippen molar-refractivity contribution in [2.75, 3.05) is 13.1 Å². The van der Waals surface area contributed by atoms with Gasteiger partial charge in [0.05, 0.1) is 17.6 Å². The van der Waals surface area contributed by atoms with Crippen LogP contribution in [0.25, 0.3) is 0 Å². The molecule has 1 saturated heterocycles. The lowest BCUT2D eigenvalue weighted by atomic mass is 9.78.